The fourth-order valence-corrected chi connectivity index (χ4v) is 3.83. The van der Waals surface area contributed by atoms with Crippen molar-refractivity contribution in [2.24, 2.45) is 14.1 Å². The average Bonchev–Trinajstić information content (AvgIpc) is 3.58. The van der Waals surface area contributed by atoms with Crippen LogP contribution >= 0.6 is 0 Å². The summed E-state index contributed by atoms with van der Waals surface area (Å²) in [5.41, 5.74) is 1.82. The number of carbonyl (C=O) groups excluding carboxylic acids is 2. The third-order valence-electron chi connectivity index (χ3n) is 5.89. The van der Waals surface area contributed by atoms with E-state index >= 15 is 0 Å². The van der Waals surface area contributed by atoms with E-state index in [1.807, 2.05) is 49.4 Å². The second-order valence-corrected chi connectivity index (χ2v) is 8.24. The van der Waals surface area contributed by atoms with E-state index in [-0.39, 0.29) is 23.7 Å². The number of furan rings is 1. The molecule has 0 saturated carbocycles. The van der Waals surface area contributed by atoms with Gasteiger partial charge in [0.2, 0.25) is 0 Å². The van der Waals surface area contributed by atoms with Gasteiger partial charge in [0.15, 0.2) is 5.76 Å². The predicted octanol–water partition coefficient (Wildman–Crippen LogP) is 4.29. The molecule has 3 heterocycles. The summed E-state index contributed by atoms with van der Waals surface area (Å²) in [5.74, 6) is 0.371. The zero-order valence-corrected chi connectivity index (χ0v) is 20.0. The van der Waals surface area contributed by atoms with Crippen LogP contribution < -0.4 is 15.4 Å². The Balaban J connectivity index is 1.27. The number of anilines is 2. The molecule has 0 unspecified atom stereocenters. The first-order chi connectivity index (χ1) is 17.4. The van der Waals surface area contributed by atoms with Crippen LogP contribution in [-0.2, 0) is 20.7 Å². The van der Waals surface area contributed by atoms with Gasteiger partial charge in [-0.1, -0.05) is 36.4 Å². The maximum absolute atomic E-state index is 12.9. The number of aromatic nitrogens is 4. The SMILES string of the molecule is Cc1c(NC(=O)c2c(NC(=O)c3ccc(COc4cccc5ccccc45)o3)cnn2C)cnn1C. The van der Waals surface area contributed by atoms with Gasteiger partial charge >= 0.3 is 0 Å². The van der Waals surface area contributed by atoms with Crippen LogP contribution in [0.2, 0.25) is 0 Å². The molecule has 36 heavy (non-hydrogen) atoms. The summed E-state index contributed by atoms with van der Waals surface area (Å²) in [7, 11) is 3.40. The van der Waals surface area contributed by atoms with Crippen LogP contribution in [-0.4, -0.2) is 31.4 Å². The smallest absolute Gasteiger partial charge is 0.291 e. The molecule has 0 radical (unpaired) electrons. The lowest BCUT2D eigenvalue weighted by Crippen LogP contribution is -2.20. The first kappa shape index (κ1) is 22.9. The topological polar surface area (TPSA) is 116 Å². The van der Waals surface area contributed by atoms with Crippen molar-refractivity contribution < 1.29 is 18.7 Å². The van der Waals surface area contributed by atoms with Crippen molar-refractivity contribution >= 4 is 34.0 Å². The van der Waals surface area contributed by atoms with Gasteiger partial charge in [0.05, 0.1) is 29.5 Å². The van der Waals surface area contributed by atoms with E-state index < -0.39 is 11.8 Å². The largest absolute Gasteiger partial charge is 0.485 e. The molecule has 0 fully saturated rings. The number of benzene rings is 2. The van der Waals surface area contributed by atoms with Crippen molar-refractivity contribution in [2.45, 2.75) is 13.5 Å². The number of nitrogens with zero attached hydrogens (tertiary/aromatic N) is 4. The molecule has 2 amide bonds. The molecule has 0 bridgehead atoms. The van der Waals surface area contributed by atoms with Crippen molar-refractivity contribution in [2.75, 3.05) is 10.6 Å². The number of rotatable bonds is 7. The molecule has 0 atom stereocenters. The van der Waals surface area contributed by atoms with Crippen molar-refractivity contribution in [1.82, 2.24) is 19.6 Å². The van der Waals surface area contributed by atoms with Gasteiger partial charge in [-0.15, -0.1) is 0 Å². The first-order valence-corrected chi connectivity index (χ1v) is 11.2. The first-order valence-electron chi connectivity index (χ1n) is 11.2. The molecule has 10 heteroatoms. The van der Waals surface area contributed by atoms with Crippen LogP contribution in [0.1, 0.15) is 32.5 Å². The molecule has 0 aliphatic carbocycles. The number of amides is 2. The van der Waals surface area contributed by atoms with Crippen LogP contribution in [0.5, 0.6) is 5.75 Å². The lowest BCUT2D eigenvalue weighted by molar-refractivity contribution is 0.0992. The average molecular weight is 485 g/mol. The van der Waals surface area contributed by atoms with Gasteiger partial charge < -0.3 is 19.8 Å². The van der Waals surface area contributed by atoms with E-state index in [0.29, 0.717) is 11.4 Å². The highest BCUT2D eigenvalue weighted by Gasteiger charge is 2.22. The molecule has 0 spiro atoms. The van der Waals surface area contributed by atoms with Crippen LogP contribution in [0.4, 0.5) is 11.4 Å². The summed E-state index contributed by atoms with van der Waals surface area (Å²) in [6.07, 6.45) is 2.98. The summed E-state index contributed by atoms with van der Waals surface area (Å²) in [4.78, 5) is 25.8. The molecular weight excluding hydrogens is 460 g/mol. The van der Waals surface area contributed by atoms with Crippen molar-refractivity contribution in [3.05, 3.63) is 89.9 Å². The number of ether oxygens (including phenoxy) is 1. The molecule has 5 aromatic rings. The van der Waals surface area contributed by atoms with E-state index in [0.717, 1.165) is 22.2 Å². The zero-order chi connectivity index (χ0) is 25.2. The normalized spacial score (nSPS) is 11.0. The summed E-state index contributed by atoms with van der Waals surface area (Å²) in [5, 5.41) is 15.8. The van der Waals surface area contributed by atoms with E-state index in [1.165, 1.54) is 10.9 Å². The van der Waals surface area contributed by atoms with Gasteiger partial charge in [0, 0.05) is 19.5 Å². The van der Waals surface area contributed by atoms with Gasteiger partial charge in [-0.25, -0.2) is 0 Å². The molecule has 3 aromatic heterocycles. The van der Waals surface area contributed by atoms with Crippen LogP contribution in [0.3, 0.4) is 0 Å². The minimum Gasteiger partial charge on any atom is -0.485 e. The molecule has 2 N–H and O–H groups in total. The highest BCUT2D eigenvalue weighted by molar-refractivity contribution is 6.11. The minimum atomic E-state index is -0.508. The Morgan fingerprint density at radius 3 is 2.42 bits per heavy atom. The second-order valence-electron chi connectivity index (χ2n) is 8.24. The summed E-state index contributed by atoms with van der Waals surface area (Å²) < 4.78 is 14.7. The standard InChI is InChI=1S/C26H24N6O4/c1-16-20(13-27-31(16)2)29-26(34)24-21(14-28-32(24)3)30-25(33)23-12-11-18(36-23)15-35-22-10-6-8-17-7-4-5-9-19(17)22/h4-14H,15H2,1-3H3,(H,29,34)(H,30,33). The molecule has 5 rings (SSSR count). The Labute approximate surface area is 206 Å². The van der Waals surface area contributed by atoms with E-state index in [9.17, 15) is 9.59 Å². The number of hydrogen-bond acceptors (Lipinski definition) is 6. The Morgan fingerprint density at radius 1 is 0.889 bits per heavy atom. The van der Waals surface area contributed by atoms with Crippen LogP contribution in [0.25, 0.3) is 10.8 Å². The monoisotopic (exact) mass is 484 g/mol. The van der Waals surface area contributed by atoms with Gasteiger partial charge in [0.25, 0.3) is 11.8 Å². The molecule has 0 aliphatic heterocycles. The summed E-state index contributed by atoms with van der Waals surface area (Å²) in [6, 6.07) is 17.0. The molecular formula is C26H24N6O4. The number of aryl methyl sites for hydroxylation is 2. The molecule has 0 aliphatic rings. The second kappa shape index (κ2) is 9.41. The van der Waals surface area contributed by atoms with Crippen LogP contribution in [0.15, 0.2) is 71.4 Å². The quantitative estimate of drug-likeness (QED) is 0.356. The van der Waals surface area contributed by atoms with Gasteiger partial charge in [0.1, 0.15) is 23.8 Å². The third-order valence-corrected chi connectivity index (χ3v) is 5.89. The van der Waals surface area contributed by atoms with E-state index in [4.69, 9.17) is 9.15 Å². The summed E-state index contributed by atoms with van der Waals surface area (Å²) in [6.45, 7) is 2.00. The van der Waals surface area contributed by atoms with Gasteiger partial charge in [-0.3, -0.25) is 19.0 Å². The fourth-order valence-electron chi connectivity index (χ4n) is 3.83. The van der Waals surface area contributed by atoms with Crippen molar-refractivity contribution in [3.8, 4) is 5.75 Å². The van der Waals surface area contributed by atoms with E-state index in [1.54, 1.807) is 37.1 Å². The lowest BCUT2D eigenvalue weighted by Gasteiger charge is -2.08. The Kier molecular flexibility index (Phi) is 5.99. The maximum Gasteiger partial charge on any atom is 0.291 e. The lowest BCUT2D eigenvalue weighted by atomic mass is 10.1. The number of hydrogen-bond donors (Lipinski definition) is 2. The zero-order valence-electron chi connectivity index (χ0n) is 20.0. The summed E-state index contributed by atoms with van der Waals surface area (Å²) >= 11 is 0. The molecule has 182 valence electrons. The molecule has 0 saturated heterocycles. The Hall–Kier alpha value is -4.86. The number of carbonyl (C=O) groups is 2. The van der Waals surface area contributed by atoms with Gasteiger partial charge in [-0.2, -0.15) is 10.2 Å². The van der Waals surface area contributed by atoms with Crippen molar-refractivity contribution in [1.29, 1.82) is 0 Å². The Morgan fingerprint density at radius 2 is 1.61 bits per heavy atom. The molecule has 10 nitrogen and oxygen atoms in total. The fraction of sp³-hybridized carbons (Fsp3) is 0.154. The van der Waals surface area contributed by atoms with Gasteiger partial charge in [-0.05, 0) is 30.5 Å². The van der Waals surface area contributed by atoms with Crippen molar-refractivity contribution in [3.63, 3.8) is 0 Å². The maximum atomic E-state index is 12.9. The third kappa shape index (κ3) is 4.43. The minimum absolute atomic E-state index is 0.0878. The molecule has 2 aromatic carbocycles. The number of fused-ring (bicyclic) bond motifs is 1. The highest BCUT2D eigenvalue weighted by atomic mass is 16.5. The highest BCUT2D eigenvalue weighted by Crippen LogP contribution is 2.26. The predicted molar refractivity (Wildman–Crippen MR) is 134 cm³/mol. The Bertz CT molecular complexity index is 1570. The van der Waals surface area contributed by atoms with Crippen LogP contribution in [0, 0.1) is 6.92 Å². The number of nitrogens with one attached hydrogen (secondary N) is 2. The van der Waals surface area contributed by atoms with E-state index in [2.05, 4.69) is 20.8 Å².